The molecule has 22 heavy (non-hydrogen) atoms. The molecule has 6 heteroatoms. The monoisotopic (exact) mass is 321 g/mol. The fourth-order valence-electron chi connectivity index (χ4n) is 1.95. The van der Waals surface area contributed by atoms with Crippen molar-refractivity contribution < 1.29 is 18.7 Å². The van der Waals surface area contributed by atoms with Gasteiger partial charge in [0, 0.05) is 5.02 Å². The van der Waals surface area contributed by atoms with Gasteiger partial charge in [-0.3, -0.25) is 4.79 Å². The minimum absolute atomic E-state index is 0.236. The minimum atomic E-state index is -0.586. The highest BCUT2D eigenvalue weighted by atomic mass is 35.5. The van der Waals surface area contributed by atoms with E-state index in [1.165, 1.54) is 12.3 Å². The standard InChI is InChI=1S/C16H16ClNO4/c1-10(12-4-3-5-13(17)8-12)18-15(19)9-22-16(20)14-6-7-21-11(14)2/h3-8,10H,9H2,1-2H3,(H,18,19)/t10-/m1/s1. The highest BCUT2D eigenvalue weighted by molar-refractivity contribution is 6.30. The van der Waals surface area contributed by atoms with Crippen LogP contribution in [0.3, 0.4) is 0 Å². The number of benzene rings is 1. The van der Waals surface area contributed by atoms with Crippen LogP contribution in [0.25, 0.3) is 0 Å². The normalized spacial score (nSPS) is 11.8. The van der Waals surface area contributed by atoms with Gasteiger partial charge in [0.25, 0.3) is 5.91 Å². The molecule has 0 saturated heterocycles. The van der Waals surface area contributed by atoms with Crippen molar-refractivity contribution in [3.63, 3.8) is 0 Å². The molecule has 0 radical (unpaired) electrons. The van der Waals surface area contributed by atoms with E-state index in [1.54, 1.807) is 19.1 Å². The maximum Gasteiger partial charge on any atom is 0.342 e. The fraction of sp³-hybridized carbons (Fsp3) is 0.250. The number of hydrogen-bond acceptors (Lipinski definition) is 4. The van der Waals surface area contributed by atoms with Gasteiger partial charge in [0.05, 0.1) is 12.3 Å². The Morgan fingerprint density at radius 2 is 2.14 bits per heavy atom. The summed E-state index contributed by atoms with van der Waals surface area (Å²) in [6.07, 6.45) is 1.40. The first-order valence-corrected chi connectivity index (χ1v) is 7.11. The molecule has 0 aliphatic carbocycles. The SMILES string of the molecule is Cc1occc1C(=O)OCC(=O)N[C@H](C)c1cccc(Cl)c1. The Labute approximate surface area is 133 Å². The number of carbonyl (C=O) groups is 2. The molecule has 1 aromatic carbocycles. The van der Waals surface area contributed by atoms with Crippen LogP contribution in [0.1, 0.15) is 34.6 Å². The zero-order valence-corrected chi connectivity index (χ0v) is 13.0. The predicted octanol–water partition coefficient (Wildman–Crippen LogP) is 3.28. The second kappa shape index (κ2) is 7.13. The molecule has 1 heterocycles. The highest BCUT2D eigenvalue weighted by Gasteiger charge is 2.16. The van der Waals surface area contributed by atoms with Gasteiger partial charge in [-0.05, 0) is 37.6 Å². The van der Waals surface area contributed by atoms with E-state index >= 15 is 0 Å². The molecule has 2 rings (SSSR count). The van der Waals surface area contributed by atoms with Gasteiger partial charge in [-0.25, -0.2) is 4.79 Å². The third-order valence-corrected chi connectivity index (χ3v) is 3.37. The number of hydrogen-bond donors (Lipinski definition) is 1. The number of furan rings is 1. The maximum atomic E-state index is 11.8. The summed E-state index contributed by atoms with van der Waals surface area (Å²) in [7, 11) is 0. The Morgan fingerprint density at radius 1 is 1.36 bits per heavy atom. The molecular formula is C16H16ClNO4. The molecule has 116 valence electrons. The van der Waals surface area contributed by atoms with E-state index in [0.29, 0.717) is 16.3 Å². The van der Waals surface area contributed by atoms with Gasteiger partial charge in [0.15, 0.2) is 6.61 Å². The zero-order valence-electron chi connectivity index (χ0n) is 12.3. The Balaban J connectivity index is 1.85. The average molecular weight is 322 g/mol. The topological polar surface area (TPSA) is 68.5 Å². The van der Waals surface area contributed by atoms with E-state index in [0.717, 1.165) is 5.56 Å². The van der Waals surface area contributed by atoms with Crippen molar-refractivity contribution in [3.05, 3.63) is 58.5 Å². The van der Waals surface area contributed by atoms with Gasteiger partial charge in [-0.1, -0.05) is 23.7 Å². The molecule has 0 saturated carbocycles. The van der Waals surface area contributed by atoms with Gasteiger partial charge >= 0.3 is 5.97 Å². The van der Waals surface area contributed by atoms with Crippen LogP contribution >= 0.6 is 11.6 Å². The molecule has 2 aromatic rings. The van der Waals surface area contributed by atoms with Crippen molar-refractivity contribution in [3.8, 4) is 0 Å². The van der Waals surface area contributed by atoms with Crippen LogP contribution in [0.4, 0.5) is 0 Å². The summed E-state index contributed by atoms with van der Waals surface area (Å²) in [5, 5.41) is 3.34. The molecule has 0 aliphatic rings. The predicted molar refractivity (Wildman–Crippen MR) is 81.7 cm³/mol. The molecule has 0 unspecified atom stereocenters. The summed E-state index contributed by atoms with van der Waals surface area (Å²) >= 11 is 5.91. The molecule has 1 N–H and O–H groups in total. The van der Waals surface area contributed by atoms with E-state index in [2.05, 4.69) is 5.32 Å². The first-order valence-electron chi connectivity index (χ1n) is 6.73. The lowest BCUT2D eigenvalue weighted by Crippen LogP contribution is -2.31. The molecule has 0 fully saturated rings. The Kier molecular flexibility index (Phi) is 5.22. The number of nitrogens with one attached hydrogen (secondary N) is 1. The largest absolute Gasteiger partial charge is 0.469 e. The Morgan fingerprint density at radius 3 is 2.77 bits per heavy atom. The molecule has 1 aromatic heterocycles. The number of halogens is 1. The molecule has 5 nitrogen and oxygen atoms in total. The molecule has 0 spiro atoms. The Hall–Kier alpha value is -2.27. The van der Waals surface area contributed by atoms with Gasteiger partial charge in [-0.2, -0.15) is 0 Å². The van der Waals surface area contributed by atoms with Crippen LogP contribution in [0.5, 0.6) is 0 Å². The van der Waals surface area contributed by atoms with E-state index in [9.17, 15) is 9.59 Å². The second-order valence-corrected chi connectivity index (χ2v) is 5.25. The molecule has 1 atom stereocenters. The van der Waals surface area contributed by atoms with Crippen molar-refractivity contribution >= 4 is 23.5 Å². The first kappa shape index (κ1) is 16.1. The fourth-order valence-corrected chi connectivity index (χ4v) is 2.15. The lowest BCUT2D eigenvalue weighted by Gasteiger charge is -2.14. The summed E-state index contributed by atoms with van der Waals surface area (Å²) in [6, 6.07) is 8.46. The number of amides is 1. The number of rotatable bonds is 5. The molecule has 1 amide bonds. The maximum absolute atomic E-state index is 11.8. The van der Waals surface area contributed by atoms with Crippen LogP contribution in [0.2, 0.25) is 5.02 Å². The minimum Gasteiger partial charge on any atom is -0.469 e. The second-order valence-electron chi connectivity index (χ2n) is 4.81. The van der Waals surface area contributed by atoms with Gasteiger partial charge in [-0.15, -0.1) is 0 Å². The summed E-state index contributed by atoms with van der Waals surface area (Å²) in [6.45, 7) is 3.12. The lowest BCUT2D eigenvalue weighted by atomic mass is 10.1. The number of aryl methyl sites for hydroxylation is 1. The van der Waals surface area contributed by atoms with Crippen molar-refractivity contribution in [2.24, 2.45) is 0 Å². The van der Waals surface area contributed by atoms with Crippen molar-refractivity contribution in [1.29, 1.82) is 0 Å². The third kappa shape index (κ3) is 4.11. The molecular weight excluding hydrogens is 306 g/mol. The van der Waals surface area contributed by atoms with Crippen molar-refractivity contribution in [1.82, 2.24) is 5.32 Å². The van der Waals surface area contributed by atoms with Crippen molar-refractivity contribution in [2.45, 2.75) is 19.9 Å². The molecule has 0 bridgehead atoms. The smallest absolute Gasteiger partial charge is 0.342 e. The summed E-state index contributed by atoms with van der Waals surface area (Å²) in [4.78, 5) is 23.6. The number of ether oxygens (including phenoxy) is 1. The molecule has 0 aliphatic heterocycles. The van der Waals surface area contributed by atoms with E-state index < -0.39 is 5.97 Å². The van der Waals surface area contributed by atoms with Crippen LogP contribution in [0, 0.1) is 6.92 Å². The van der Waals surface area contributed by atoms with Crippen LogP contribution in [-0.4, -0.2) is 18.5 Å². The van der Waals surface area contributed by atoms with E-state index in [4.69, 9.17) is 20.8 Å². The van der Waals surface area contributed by atoms with Gasteiger partial charge in [0.1, 0.15) is 11.3 Å². The quantitative estimate of drug-likeness (QED) is 0.858. The third-order valence-electron chi connectivity index (χ3n) is 3.14. The van der Waals surface area contributed by atoms with Crippen LogP contribution < -0.4 is 5.32 Å². The van der Waals surface area contributed by atoms with E-state index in [-0.39, 0.29) is 18.6 Å². The van der Waals surface area contributed by atoms with Gasteiger partial charge in [0.2, 0.25) is 0 Å². The summed E-state index contributed by atoms with van der Waals surface area (Å²) in [5.74, 6) is -0.517. The Bertz CT molecular complexity index is 680. The first-order chi connectivity index (χ1) is 10.5. The lowest BCUT2D eigenvalue weighted by molar-refractivity contribution is -0.124. The highest BCUT2D eigenvalue weighted by Crippen LogP contribution is 2.17. The average Bonchev–Trinajstić information content (AvgIpc) is 2.91. The number of esters is 1. The van der Waals surface area contributed by atoms with Crippen LogP contribution in [0.15, 0.2) is 41.0 Å². The summed E-state index contributed by atoms with van der Waals surface area (Å²) < 4.78 is 9.96. The van der Waals surface area contributed by atoms with Crippen molar-refractivity contribution in [2.75, 3.05) is 6.61 Å². The van der Waals surface area contributed by atoms with E-state index in [1.807, 2.05) is 19.1 Å². The van der Waals surface area contributed by atoms with Gasteiger partial charge < -0.3 is 14.5 Å². The summed E-state index contributed by atoms with van der Waals surface area (Å²) in [5.41, 5.74) is 1.19. The zero-order chi connectivity index (χ0) is 16.1. The van der Waals surface area contributed by atoms with Crippen LogP contribution in [-0.2, 0) is 9.53 Å². The number of carbonyl (C=O) groups excluding carboxylic acids is 2.